The van der Waals surface area contributed by atoms with E-state index in [0.717, 1.165) is 37.2 Å². The Morgan fingerprint density at radius 3 is 2.80 bits per heavy atom. The second kappa shape index (κ2) is 7.07. The largest absolute Gasteiger partial charge is 0.396 e. The number of likely N-dealkylation sites (tertiary alicyclic amines) is 1. The van der Waals surface area contributed by atoms with Crippen LogP contribution in [0.3, 0.4) is 0 Å². The molecule has 0 saturated carbocycles. The molecule has 1 heterocycles. The Bertz CT molecular complexity index is 471. The lowest BCUT2D eigenvalue weighted by atomic mass is 9.98. The number of carbonyl (C=O) groups excluding carboxylic acids is 1. The Morgan fingerprint density at radius 2 is 2.15 bits per heavy atom. The minimum atomic E-state index is -0.0159. The van der Waals surface area contributed by atoms with Gasteiger partial charge in [0.2, 0.25) is 5.91 Å². The van der Waals surface area contributed by atoms with Crippen LogP contribution in [0, 0.1) is 12.8 Å². The van der Waals surface area contributed by atoms with Crippen molar-refractivity contribution in [3.8, 4) is 0 Å². The Hall–Kier alpha value is -1.10. The minimum absolute atomic E-state index is 0.0159. The molecule has 0 aromatic heterocycles. The van der Waals surface area contributed by atoms with Crippen molar-refractivity contribution in [2.75, 3.05) is 31.6 Å². The van der Waals surface area contributed by atoms with E-state index in [0.29, 0.717) is 17.5 Å². The molecule has 0 spiro atoms. The summed E-state index contributed by atoms with van der Waals surface area (Å²) in [6.45, 7) is 4.32. The lowest BCUT2D eigenvalue weighted by Crippen LogP contribution is -2.39. The number of piperidine rings is 1. The quantitative estimate of drug-likeness (QED) is 0.896. The van der Waals surface area contributed by atoms with E-state index in [1.807, 2.05) is 19.1 Å². The SMILES string of the molecule is Cc1ccc(Cl)cc1NC(=O)CN1CCC(CO)CC1. The van der Waals surface area contributed by atoms with Crippen molar-refractivity contribution in [1.82, 2.24) is 4.90 Å². The first-order chi connectivity index (χ1) is 9.58. The van der Waals surface area contributed by atoms with Gasteiger partial charge in [-0.1, -0.05) is 17.7 Å². The van der Waals surface area contributed by atoms with Crippen molar-refractivity contribution in [1.29, 1.82) is 0 Å². The minimum Gasteiger partial charge on any atom is -0.396 e. The molecular formula is C15H21ClN2O2. The Morgan fingerprint density at radius 1 is 1.45 bits per heavy atom. The van der Waals surface area contributed by atoms with Gasteiger partial charge in [-0.2, -0.15) is 0 Å². The predicted octanol–water partition coefficient (Wildman–Crippen LogP) is 2.29. The van der Waals surface area contributed by atoms with Gasteiger partial charge in [-0.15, -0.1) is 0 Å². The maximum atomic E-state index is 12.1. The van der Waals surface area contributed by atoms with Gasteiger partial charge in [0.1, 0.15) is 0 Å². The van der Waals surface area contributed by atoms with Crippen molar-refractivity contribution in [3.63, 3.8) is 0 Å². The maximum Gasteiger partial charge on any atom is 0.238 e. The number of amides is 1. The first-order valence-corrected chi connectivity index (χ1v) is 7.35. The number of benzene rings is 1. The molecule has 1 aliphatic heterocycles. The number of carbonyl (C=O) groups is 1. The van der Waals surface area contributed by atoms with Crippen LogP contribution < -0.4 is 5.32 Å². The van der Waals surface area contributed by atoms with E-state index < -0.39 is 0 Å². The Kier molecular flexibility index (Phi) is 5.40. The lowest BCUT2D eigenvalue weighted by molar-refractivity contribution is -0.117. The number of aliphatic hydroxyl groups is 1. The molecule has 0 radical (unpaired) electrons. The molecule has 0 unspecified atom stereocenters. The molecule has 0 atom stereocenters. The van der Waals surface area contributed by atoms with Crippen LogP contribution in [0.1, 0.15) is 18.4 Å². The van der Waals surface area contributed by atoms with Gasteiger partial charge in [-0.25, -0.2) is 0 Å². The molecule has 0 bridgehead atoms. The third-order valence-corrected chi connectivity index (χ3v) is 4.04. The molecule has 1 fully saturated rings. The second-order valence-corrected chi connectivity index (χ2v) is 5.85. The van der Waals surface area contributed by atoms with Crippen LogP contribution in [0.15, 0.2) is 18.2 Å². The number of nitrogens with zero attached hydrogens (tertiary/aromatic N) is 1. The summed E-state index contributed by atoms with van der Waals surface area (Å²) in [5.74, 6) is 0.377. The van der Waals surface area contributed by atoms with E-state index in [2.05, 4.69) is 10.2 Å². The third kappa shape index (κ3) is 4.20. The Labute approximate surface area is 124 Å². The number of halogens is 1. The molecule has 1 aromatic carbocycles. The average Bonchev–Trinajstić information content (AvgIpc) is 2.43. The topological polar surface area (TPSA) is 52.6 Å². The normalized spacial score (nSPS) is 17.1. The monoisotopic (exact) mass is 296 g/mol. The molecule has 5 heteroatoms. The van der Waals surface area contributed by atoms with Gasteiger partial charge in [0, 0.05) is 17.3 Å². The van der Waals surface area contributed by atoms with E-state index >= 15 is 0 Å². The van der Waals surface area contributed by atoms with Crippen molar-refractivity contribution in [2.45, 2.75) is 19.8 Å². The second-order valence-electron chi connectivity index (χ2n) is 5.41. The average molecular weight is 297 g/mol. The highest BCUT2D eigenvalue weighted by molar-refractivity contribution is 6.31. The van der Waals surface area contributed by atoms with Crippen LogP contribution in [0.25, 0.3) is 0 Å². The first-order valence-electron chi connectivity index (χ1n) is 6.97. The third-order valence-electron chi connectivity index (χ3n) is 3.81. The molecule has 20 heavy (non-hydrogen) atoms. The van der Waals surface area contributed by atoms with Crippen LogP contribution >= 0.6 is 11.6 Å². The summed E-state index contributed by atoms with van der Waals surface area (Å²) in [6, 6.07) is 5.48. The predicted molar refractivity (Wildman–Crippen MR) is 81.1 cm³/mol. The highest BCUT2D eigenvalue weighted by Crippen LogP contribution is 2.20. The first kappa shape index (κ1) is 15.3. The van der Waals surface area contributed by atoms with Crippen molar-refractivity contribution >= 4 is 23.2 Å². The van der Waals surface area contributed by atoms with E-state index in [-0.39, 0.29) is 12.5 Å². The van der Waals surface area contributed by atoms with Crippen LogP contribution in [-0.2, 0) is 4.79 Å². The van der Waals surface area contributed by atoms with Crippen LogP contribution in [0.4, 0.5) is 5.69 Å². The van der Waals surface area contributed by atoms with Crippen LogP contribution in [-0.4, -0.2) is 42.2 Å². The molecule has 2 N–H and O–H groups in total. The molecule has 1 amide bonds. The molecular weight excluding hydrogens is 276 g/mol. The molecule has 1 aliphatic rings. The summed E-state index contributed by atoms with van der Waals surface area (Å²) in [5, 5.41) is 12.6. The van der Waals surface area contributed by atoms with Crippen molar-refractivity contribution < 1.29 is 9.90 Å². The van der Waals surface area contributed by atoms with E-state index in [4.69, 9.17) is 16.7 Å². The summed E-state index contributed by atoms with van der Waals surface area (Å²) >= 11 is 5.94. The van der Waals surface area contributed by atoms with Gasteiger partial charge in [0.25, 0.3) is 0 Å². The standard InChI is InChI=1S/C15H21ClN2O2/c1-11-2-3-13(16)8-14(11)17-15(20)9-18-6-4-12(10-19)5-7-18/h2-3,8,12,19H,4-7,9-10H2,1H3,(H,17,20). The fourth-order valence-corrected chi connectivity index (χ4v) is 2.62. The fraction of sp³-hybridized carbons (Fsp3) is 0.533. The lowest BCUT2D eigenvalue weighted by Gasteiger charge is -2.30. The van der Waals surface area contributed by atoms with Gasteiger partial charge >= 0.3 is 0 Å². The molecule has 0 aliphatic carbocycles. The zero-order valence-corrected chi connectivity index (χ0v) is 12.5. The number of nitrogens with one attached hydrogen (secondary N) is 1. The van der Waals surface area contributed by atoms with Gasteiger partial charge in [-0.3, -0.25) is 9.69 Å². The zero-order valence-electron chi connectivity index (χ0n) is 11.7. The molecule has 110 valence electrons. The van der Waals surface area contributed by atoms with E-state index in [1.165, 1.54) is 0 Å². The summed E-state index contributed by atoms with van der Waals surface area (Å²) in [5.41, 5.74) is 1.77. The summed E-state index contributed by atoms with van der Waals surface area (Å²) < 4.78 is 0. The van der Waals surface area contributed by atoms with Gasteiger partial charge in [0.05, 0.1) is 6.54 Å². The highest BCUT2D eigenvalue weighted by Gasteiger charge is 2.20. The summed E-state index contributed by atoms with van der Waals surface area (Å²) in [7, 11) is 0. The van der Waals surface area contributed by atoms with E-state index in [9.17, 15) is 4.79 Å². The van der Waals surface area contributed by atoms with Crippen molar-refractivity contribution in [2.24, 2.45) is 5.92 Å². The van der Waals surface area contributed by atoms with Crippen molar-refractivity contribution in [3.05, 3.63) is 28.8 Å². The van der Waals surface area contributed by atoms with Gasteiger partial charge in [-0.05, 0) is 56.5 Å². The number of hydrogen-bond donors (Lipinski definition) is 2. The molecule has 1 saturated heterocycles. The highest BCUT2D eigenvalue weighted by atomic mass is 35.5. The fourth-order valence-electron chi connectivity index (χ4n) is 2.45. The summed E-state index contributed by atoms with van der Waals surface area (Å²) in [6.07, 6.45) is 1.92. The molecule has 2 rings (SSSR count). The smallest absolute Gasteiger partial charge is 0.238 e. The van der Waals surface area contributed by atoms with Crippen LogP contribution in [0.5, 0.6) is 0 Å². The van der Waals surface area contributed by atoms with Gasteiger partial charge < -0.3 is 10.4 Å². The van der Waals surface area contributed by atoms with Crippen LogP contribution in [0.2, 0.25) is 5.02 Å². The summed E-state index contributed by atoms with van der Waals surface area (Å²) in [4.78, 5) is 14.2. The molecule has 1 aromatic rings. The van der Waals surface area contributed by atoms with E-state index in [1.54, 1.807) is 6.07 Å². The maximum absolute atomic E-state index is 12.1. The number of aryl methyl sites for hydroxylation is 1. The number of hydrogen-bond acceptors (Lipinski definition) is 3. The van der Waals surface area contributed by atoms with Gasteiger partial charge in [0.15, 0.2) is 0 Å². The Balaban J connectivity index is 1.85. The molecule has 4 nitrogen and oxygen atoms in total. The number of aliphatic hydroxyl groups excluding tert-OH is 1. The zero-order chi connectivity index (χ0) is 14.5. The number of rotatable bonds is 4. The number of anilines is 1.